The zero-order chi connectivity index (χ0) is 19.3. The molecule has 0 saturated carbocycles. The predicted octanol–water partition coefficient (Wildman–Crippen LogP) is 6.65. The number of ether oxygens (including phenoxy) is 1. The first-order valence-corrected chi connectivity index (χ1v) is 10.4. The van der Waals surface area contributed by atoms with Gasteiger partial charge in [0.05, 0.1) is 11.8 Å². The maximum Gasteiger partial charge on any atom is 0.213 e. The minimum Gasteiger partial charge on any atom is -0.464 e. The Hall–Kier alpha value is -2.30. The summed E-state index contributed by atoms with van der Waals surface area (Å²) < 4.78 is 7.44. The van der Waals surface area contributed by atoms with Gasteiger partial charge in [0.2, 0.25) is 6.23 Å². The summed E-state index contributed by atoms with van der Waals surface area (Å²) in [6, 6.07) is 22.7. The van der Waals surface area contributed by atoms with Gasteiger partial charge in [0, 0.05) is 27.0 Å². The van der Waals surface area contributed by atoms with Crippen LogP contribution in [0.25, 0.3) is 0 Å². The molecule has 0 saturated heterocycles. The van der Waals surface area contributed by atoms with E-state index in [2.05, 4.69) is 64.3 Å². The van der Waals surface area contributed by atoms with E-state index in [-0.39, 0.29) is 12.3 Å². The molecule has 2 heterocycles. The molecule has 0 unspecified atom stereocenters. The largest absolute Gasteiger partial charge is 0.464 e. The first-order valence-electron chi connectivity index (χ1n) is 9.23. The average molecular weight is 454 g/mol. The van der Waals surface area contributed by atoms with Crippen molar-refractivity contribution in [2.75, 3.05) is 0 Å². The molecular formula is C23H18BrClN2O. The lowest BCUT2D eigenvalue weighted by Gasteiger charge is -2.38. The normalized spacial score (nSPS) is 20.2. The number of halogens is 2. The van der Waals surface area contributed by atoms with Crippen molar-refractivity contribution in [2.24, 2.45) is 5.10 Å². The molecular weight excluding hydrogens is 436 g/mol. The highest BCUT2D eigenvalue weighted by Gasteiger charge is 2.41. The zero-order valence-electron chi connectivity index (χ0n) is 15.3. The Balaban J connectivity index is 1.59. The van der Waals surface area contributed by atoms with Crippen LogP contribution in [-0.4, -0.2) is 10.7 Å². The maximum atomic E-state index is 6.38. The van der Waals surface area contributed by atoms with Gasteiger partial charge in [-0.2, -0.15) is 5.10 Å². The zero-order valence-corrected chi connectivity index (χ0v) is 17.6. The molecule has 5 rings (SSSR count). The summed E-state index contributed by atoms with van der Waals surface area (Å²) in [7, 11) is 0. The number of benzene rings is 3. The lowest BCUT2D eigenvalue weighted by atomic mass is 9.96. The molecule has 140 valence electrons. The molecule has 3 nitrogen and oxygen atoms in total. The average Bonchev–Trinajstić information content (AvgIpc) is 3.14. The molecule has 5 heteroatoms. The van der Waals surface area contributed by atoms with Crippen LogP contribution in [0.1, 0.15) is 40.9 Å². The van der Waals surface area contributed by atoms with Crippen LogP contribution in [-0.2, 0) is 0 Å². The Bertz CT molecular complexity index is 1060. The van der Waals surface area contributed by atoms with Crippen LogP contribution >= 0.6 is 27.5 Å². The molecule has 28 heavy (non-hydrogen) atoms. The second-order valence-electron chi connectivity index (χ2n) is 7.22. The number of nitrogens with zero attached hydrogens (tertiary/aromatic N) is 2. The molecule has 0 aliphatic carbocycles. The van der Waals surface area contributed by atoms with Crippen molar-refractivity contribution < 1.29 is 4.74 Å². The molecule has 0 amide bonds. The Morgan fingerprint density at radius 1 is 1.04 bits per heavy atom. The molecule has 2 aliphatic rings. The van der Waals surface area contributed by atoms with Crippen molar-refractivity contribution in [3.05, 3.63) is 98.5 Å². The van der Waals surface area contributed by atoms with Crippen molar-refractivity contribution in [1.82, 2.24) is 5.01 Å². The van der Waals surface area contributed by atoms with E-state index in [1.807, 2.05) is 30.3 Å². The summed E-state index contributed by atoms with van der Waals surface area (Å²) in [6.07, 6.45) is 0.563. The van der Waals surface area contributed by atoms with Crippen molar-refractivity contribution >= 4 is 33.2 Å². The van der Waals surface area contributed by atoms with Gasteiger partial charge >= 0.3 is 0 Å². The molecule has 3 aromatic carbocycles. The van der Waals surface area contributed by atoms with E-state index in [1.54, 1.807) is 0 Å². The summed E-state index contributed by atoms with van der Waals surface area (Å²) in [5.74, 6) is 0.878. The van der Waals surface area contributed by atoms with Gasteiger partial charge in [-0.05, 0) is 42.8 Å². The highest BCUT2D eigenvalue weighted by molar-refractivity contribution is 9.10. The van der Waals surface area contributed by atoms with Gasteiger partial charge < -0.3 is 4.74 Å². The van der Waals surface area contributed by atoms with E-state index in [4.69, 9.17) is 21.4 Å². The first kappa shape index (κ1) is 17.8. The van der Waals surface area contributed by atoms with E-state index < -0.39 is 0 Å². The van der Waals surface area contributed by atoms with Gasteiger partial charge in [-0.15, -0.1) is 0 Å². The fourth-order valence-electron chi connectivity index (χ4n) is 3.83. The van der Waals surface area contributed by atoms with E-state index in [9.17, 15) is 0 Å². The molecule has 0 aromatic heterocycles. The number of hydrazone groups is 1. The van der Waals surface area contributed by atoms with Gasteiger partial charge in [-0.1, -0.05) is 69.5 Å². The Morgan fingerprint density at radius 3 is 2.54 bits per heavy atom. The first-order chi connectivity index (χ1) is 13.6. The summed E-state index contributed by atoms with van der Waals surface area (Å²) in [4.78, 5) is 0. The highest BCUT2D eigenvalue weighted by Crippen LogP contribution is 2.48. The summed E-state index contributed by atoms with van der Waals surface area (Å²) in [6.45, 7) is 2.09. The summed E-state index contributed by atoms with van der Waals surface area (Å²) in [5.41, 5.74) is 5.60. The molecule has 2 aliphatic heterocycles. The smallest absolute Gasteiger partial charge is 0.213 e. The van der Waals surface area contributed by atoms with Crippen LogP contribution in [0.15, 0.2) is 76.3 Å². The van der Waals surface area contributed by atoms with Crippen LogP contribution in [0.2, 0.25) is 5.02 Å². The molecule has 3 aromatic rings. The SMILES string of the molecule is Cc1ccc([C@H]2Oc3ccc(Cl)cc3[C@@H]3CC(c4ccc(Br)cc4)=NN23)cc1. The van der Waals surface area contributed by atoms with Crippen molar-refractivity contribution in [3.63, 3.8) is 0 Å². The monoisotopic (exact) mass is 452 g/mol. The van der Waals surface area contributed by atoms with Gasteiger partial charge in [0.25, 0.3) is 0 Å². The van der Waals surface area contributed by atoms with Crippen LogP contribution in [0, 0.1) is 6.92 Å². The number of hydrogen-bond acceptors (Lipinski definition) is 3. The number of hydrogen-bond donors (Lipinski definition) is 0. The summed E-state index contributed by atoms with van der Waals surface area (Å²) in [5, 5.41) is 7.79. The van der Waals surface area contributed by atoms with Crippen molar-refractivity contribution in [2.45, 2.75) is 25.6 Å². The standard InChI is InChI=1S/C23H18BrClN2O/c1-14-2-4-16(5-3-14)23-27-21(19-12-18(25)10-11-22(19)28-23)13-20(26-27)15-6-8-17(24)9-7-15/h2-12,21,23H,13H2,1H3/t21-,23+/m0/s1. The van der Waals surface area contributed by atoms with Crippen LogP contribution < -0.4 is 4.74 Å². The van der Waals surface area contributed by atoms with Gasteiger partial charge in [-0.25, -0.2) is 5.01 Å². The quantitative estimate of drug-likeness (QED) is 0.434. The van der Waals surface area contributed by atoms with E-state index in [1.165, 1.54) is 5.56 Å². The van der Waals surface area contributed by atoms with E-state index in [0.717, 1.165) is 39.0 Å². The Kier molecular flexibility index (Phi) is 4.41. The topological polar surface area (TPSA) is 24.8 Å². The lowest BCUT2D eigenvalue weighted by Crippen LogP contribution is -2.33. The van der Waals surface area contributed by atoms with Gasteiger partial charge in [0.15, 0.2) is 0 Å². The van der Waals surface area contributed by atoms with Crippen molar-refractivity contribution in [1.29, 1.82) is 0 Å². The third kappa shape index (κ3) is 3.11. The third-order valence-electron chi connectivity index (χ3n) is 5.29. The third-order valence-corrected chi connectivity index (χ3v) is 6.06. The highest BCUT2D eigenvalue weighted by atomic mass is 79.9. The Morgan fingerprint density at radius 2 is 1.79 bits per heavy atom. The molecule has 0 radical (unpaired) electrons. The fraction of sp³-hybridized carbons (Fsp3) is 0.174. The minimum atomic E-state index is -0.257. The lowest BCUT2D eigenvalue weighted by molar-refractivity contribution is -0.0190. The molecule has 0 spiro atoms. The summed E-state index contributed by atoms with van der Waals surface area (Å²) >= 11 is 9.80. The number of fused-ring (bicyclic) bond motifs is 3. The van der Waals surface area contributed by atoms with Gasteiger partial charge in [-0.3, -0.25) is 0 Å². The predicted molar refractivity (Wildman–Crippen MR) is 116 cm³/mol. The number of rotatable bonds is 2. The second kappa shape index (κ2) is 6.94. The van der Waals surface area contributed by atoms with Crippen LogP contribution in [0.5, 0.6) is 5.75 Å². The molecule has 0 fully saturated rings. The van der Waals surface area contributed by atoms with Crippen LogP contribution in [0.3, 0.4) is 0 Å². The maximum absolute atomic E-state index is 6.38. The van der Waals surface area contributed by atoms with Gasteiger partial charge in [0.1, 0.15) is 5.75 Å². The molecule has 0 N–H and O–H groups in total. The van der Waals surface area contributed by atoms with E-state index >= 15 is 0 Å². The Labute approximate surface area is 177 Å². The van der Waals surface area contributed by atoms with Crippen molar-refractivity contribution in [3.8, 4) is 5.75 Å². The van der Waals surface area contributed by atoms with Crippen LogP contribution in [0.4, 0.5) is 0 Å². The minimum absolute atomic E-state index is 0.104. The second-order valence-corrected chi connectivity index (χ2v) is 8.57. The molecule has 0 bridgehead atoms. The number of aryl methyl sites for hydroxylation is 1. The van der Waals surface area contributed by atoms with E-state index in [0.29, 0.717) is 5.02 Å². The molecule has 2 atom stereocenters. The fourth-order valence-corrected chi connectivity index (χ4v) is 4.27.